The Kier molecular flexibility index (Phi) is 3.85. The first kappa shape index (κ1) is 13.9. The van der Waals surface area contributed by atoms with Gasteiger partial charge in [0.1, 0.15) is 5.82 Å². The first-order valence-corrected chi connectivity index (χ1v) is 4.54. The van der Waals surface area contributed by atoms with Gasteiger partial charge >= 0.3 is 12.1 Å². The van der Waals surface area contributed by atoms with Gasteiger partial charge in [-0.1, -0.05) is 12.1 Å². The zero-order valence-electron chi connectivity index (χ0n) is 8.66. The molecule has 1 rings (SSSR count). The minimum atomic E-state index is -5.20. The Labute approximate surface area is 98.3 Å². The van der Waals surface area contributed by atoms with Crippen LogP contribution in [0.2, 0.25) is 0 Å². The van der Waals surface area contributed by atoms with Crippen molar-refractivity contribution in [1.82, 2.24) is 0 Å². The van der Waals surface area contributed by atoms with Crippen LogP contribution in [0, 0.1) is 5.82 Å². The molecule has 0 aliphatic carbocycles. The molecule has 0 aliphatic heterocycles. The van der Waals surface area contributed by atoms with E-state index in [0.29, 0.717) is 0 Å². The van der Waals surface area contributed by atoms with Gasteiger partial charge in [0.05, 0.1) is 0 Å². The molecule has 0 saturated heterocycles. The molecule has 0 bridgehead atoms. The van der Waals surface area contributed by atoms with Crippen molar-refractivity contribution in [3.8, 4) is 0 Å². The van der Waals surface area contributed by atoms with Crippen molar-refractivity contribution < 1.29 is 32.3 Å². The summed E-state index contributed by atoms with van der Waals surface area (Å²) >= 11 is 0. The van der Waals surface area contributed by atoms with Gasteiger partial charge in [-0.3, -0.25) is 4.79 Å². The molecule has 1 aromatic rings. The van der Waals surface area contributed by atoms with Gasteiger partial charge in [0, 0.05) is 11.6 Å². The van der Waals surface area contributed by atoms with Crippen molar-refractivity contribution in [1.29, 1.82) is 0 Å². The Balaban J connectivity index is 3.27. The van der Waals surface area contributed by atoms with Crippen molar-refractivity contribution in [3.63, 3.8) is 0 Å². The standard InChI is InChI=1S/C11H6F4O3/c12-7-3-1-6(2-4-7)8(5-9(16)17)10(18)11(13,14)15/h1-5H,(H,16,17)/b8-5+. The van der Waals surface area contributed by atoms with E-state index in [1.54, 1.807) is 0 Å². The van der Waals surface area contributed by atoms with E-state index < -0.39 is 29.3 Å². The molecule has 0 spiro atoms. The highest BCUT2D eigenvalue weighted by Gasteiger charge is 2.41. The number of ketones is 1. The Morgan fingerprint density at radius 2 is 1.61 bits per heavy atom. The van der Waals surface area contributed by atoms with Crippen molar-refractivity contribution in [2.45, 2.75) is 6.18 Å². The summed E-state index contributed by atoms with van der Waals surface area (Å²) in [6.45, 7) is 0. The summed E-state index contributed by atoms with van der Waals surface area (Å²) in [6, 6.07) is 3.45. The van der Waals surface area contributed by atoms with Crippen LogP contribution in [-0.4, -0.2) is 23.0 Å². The largest absolute Gasteiger partial charge is 0.478 e. The number of rotatable bonds is 3. The lowest BCUT2D eigenvalue weighted by Crippen LogP contribution is -2.24. The summed E-state index contributed by atoms with van der Waals surface area (Å²) in [6.07, 6.45) is -5.06. The van der Waals surface area contributed by atoms with E-state index in [2.05, 4.69) is 0 Å². The minimum absolute atomic E-state index is 0.142. The number of hydrogen-bond acceptors (Lipinski definition) is 2. The summed E-state index contributed by atoms with van der Waals surface area (Å²) in [4.78, 5) is 21.4. The number of alkyl halides is 3. The molecule has 0 aliphatic rings. The Hall–Kier alpha value is -2.18. The molecule has 0 radical (unpaired) electrons. The van der Waals surface area contributed by atoms with Gasteiger partial charge in [0.25, 0.3) is 5.78 Å². The maximum atomic E-state index is 12.6. The molecule has 1 N–H and O–H groups in total. The van der Waals surface area contributed by atoms with Crippen LogP contribution in [-0.2, 0) is 9.59 Å². The molecule has 0 aromatic heterocycles. The van der Waals surface area contributed by atoms with Gasteiger partial charge in [-0.15, -0.1) is 0 Å². The summed E-state index contributed by atoms with van der Waals surface area (Å²) < 4.78 is 49.4. The number of carboxylic acids is 1. The average molecular weight is 262 g/mol. The van der Waals surface area contributed by atoms with Crippen LogP contribution in [0.25, 0.3) is 5.57 Å². The van der Waals surface area contributed by atoms with E-state index in [0.717, 1.165) is 24.3 Å². The van der Waals surface area contributed by atoms with Crippen LogP contribution in [0.1, 0.15) is 5.56 Å². The molecule has 7 heteroatoms. The fourth-order valence-corrected chi connectivity index (χ4v) is 1.19. The highest BCUT2D eigenvalue weighted by atomic mass is 19.4. The van der Waals surface area contributed by atoms with E-state index >= 15 is 0 Å². The molecule has 0 fully saturated rings. The van der Waals surface area contributed by atoms with Gasteiger partial charge in [0.15, 0.2) is 0 Å². The number of halogens is 4. The average Bonchev–Trinajstić information content (AvgIpc) is 2.25. The fourth-order valence-electron chi connectivity index (χ4n) is 1.19. The van der Waals surface area contributed by atoms with Crippen LogP contribution >= 0.6 is 0 Å². The number of aliphatic carboxylic acids is 1. The second kappa shape index (κ2) is 4.99. The number of hydrogen-bond donors (Lipinski definition) is 1. The zero-order chi connectivity index (χ0) is 13.9. The Morgan fingerprint density at radius 3 is 2.00 bits per heavy atom. The topological polar surface area (TPSA) is 54.4 Å². The lowest BCUT2D eigenvalue weighted by atomic mass is 10.0. The third kappa shape index (κ3) is 3.41. The second-order valence-electron chi connectivity index (χ2n) is 3.23. The number of carbonyl (C=O) groups excluding carboxylic acids is 1. The first-order valence-electron chi connectivity index (χ1n) is 4.54. The normalized spacial score (nSPS) is 12.3. The predicted molar refractivity (Wildman–Crippen MR) is 53.1 cm³/mol. The summed E-state index contributed by atoms with van der Waals surface area (Å²) in [5.74, 6) is -4.71. The molecule has 3 nitrogen and oxygen atoms in total. The van der Waals surface area contributed by atoms with Crippen LogP contribution < -0.4 is 0 Å². The van der Waals surface area contributed by atoms with Crippen LogP contribution in [0.15, 0.2) is 30.3 Å². The van der Waals surface area contributed by atoms with Gasteiger partial charge < -0.3 is 5.11 Å². The molecule has 18 heavy (non-hydrogen) atoms. The highest BCUT2D eigenvalue weighted by Crippen LogP contribution is 2.26. The fraction of sp³-hybridized carbons (Fsp3) is 0.0909. The quantitative estimate of drug-likeness (QED) is 0.672. The highest BCUT2D eigenvalue weighted by molar-refractivity contribution is 6.26. The number of carbonyl (C=O) groups is 2. The number of benzene rings is 1. The Morgan fingerprint density at radius 1 is 1.11 bits per heavy atom. The zero-order valence-corrected chi connectivity index (χ0v) is 8.66. The first-order chi connectivity index (χ1) is 8.21. The number of allylic oxidation sites excluding steroid dienone is 1. The van der Waals surface area contributed by atoms with E-state index in [-0.39, 0.29) is 11.6 Å². The van der Waals surface area contributed by atoms with Crippen LogP contribution in [0.3, 0.4) is 0 Å². The van der Waals surface area contributed by atoms with E-state index in [4.69, 9.17) is 5.11 Å². The summed E-state index contributed by atoms with van der Waals surface area (Å²) in [5, 5.41) is 8.44. The molecule has 1 aromatic carbocycles. The lowest BCUT2D eigenvalue weighted by molar-refractivity contribution is -0.164. The van der Waals surface area contributed by atoms with Gasteiger partial charge in [-0.25, -0.2) is 9.18 Å². The van der Waals surface area contributed by atoms with E-state index in [1.165, 1.54) is 0 Å². The van der Waals surface area contributed by atoms with E-state index in [9.17, 15) is 27.2 Å². The smallest absolute Gasteiger partial charge is 0.454 e. The summed E-state index contributed by atoms with van der Waals surface area (Å²) in [5.41, 5.74) is -1.36. The second-order valence-corrected chi connectivity index (χ2v) is 3.23. The van der Waals surface area contributed by atoms with Gasteiger partial charge in [-0.05, 0) is 17.7 Å². The number of carboxylic acid groups (broad SMARTS) is 1. The molecule has 0 atom stereocenters. The number of Topliss-reactive ketones (excluding diaryl/α,β-unsaturated/α-hetero) is 1. The molecule has 0 amide bonds. The molecule has 96 valence electrons. The molecular weight excluding hydrogens is 256 g/mol. The van der Waals surface area contributed by atoms with Crippen molar-refractivity contribution in [2.75, 3.05) is 0 Å². The van der Waals surface area contributed by atoms with Crippen molar-refractivity contribution >= 4 is 17.3 Å². The third-order valence-corrected chi connectivity index (χ3v) is 1.93. The van der Waals surface area contributed by atoms with Crippen LogP contribution in [0.5, 0.6) is 0 Å². The molecule has 0 heterocycles. The molecule has 0 saturated carbocycles. The minimum Gasteiger partial charge on any atom is -0.478 e. The molecule has 0 unspecified atom stereocenters. The maximum absolute atomic E-state index is 12.6. The summed E-state index contributed by atoms with van der Waals surface area (Å²) in [7, 11) is 0. The molecular formula is C11H6F4O3. The van der Waals surface area contributed by atoms with Crippen LogP contribution in [0.4, 0.5) is 17.6 Å². The van der Waals surface area contributed by atoms with Gasteiger partial charge in [0.2, 0.25) is 0 Å². The van der Waals surface area contributed by atoms with Gasteiger partial charge in [-0.2, -0.15) is 13.2 Å². The Bertz CT molecular complexity index is 500. The van der Waals surface area contributed by atoms with Crippen molar-refractivity contribution in [3.05, 3.63) is 41.7 Å². The monoisotopic (exact) mass is 262 g/mol. The van der Waals surface area contributed by atoms with E-state index in [1.807, 2.05) is 0 Å². The third-order valence-electron chi connectivity index (χ3n) is 1.93. The maximum Gasteiger partial charge on any atom is 0.454 e. The predicted octanol–water partition coefficient (Wildman–Crippen LogP) is 2.43. The lowest BCUT2D eigenvalue weighted by Gasteiger charge is -2.09. The van der Waals surface area contributed by atoms with Crippen molar-refractivity contribution in [2.24, 2.45) is 0 Å². The SMILES string of the molecule is O=C(O)/C=C(/C(=O)C(F)(F)F)c1ccc(F)cc1.